The number of nitrogens with one attached hydrogen (secondary N) is 4. The van der Waals surface area contributed by atoms with Crippen molar-refractivity contribution in [1.29, 1.82) is 5.26 Å². The molecule has 2 aromatic carbocycles. The van der Waals surface area contributed by atoms with Crippen LogP contribution >= 0.6 is 0 Å². The molecule has 1 aliphatic carbocycles. The molecule has 0 fully saturated rings. The number of fused-ring (bicyclic) bond motifs is 2. The molecule has 3 amide bonds. The minimum absolute atomic E-state index is 0.0119. The van der Waals surface area contributed by atoms with Crippen LogP contribution in [0.25, 0.3) is 5.70 Å². The maximum Gasteiger partial charge on any atom is 0.249 e. The largest absolute Gasteiger partial charge is 0.399 e. The fraction of sp³-hybridized carbons (Fsp3) is 0.333. The van der Waals surface area contributed by atoms with Gasteiger partial charge in [-0.15, -0.1) is 0 Å². The third kappa shape index (κ3) is 5.80. The Balaban J connectivity index is 2.10. The summed E-state index contributed by atoms with van der Waals surface area (Å²) in [7, 11) is 1.61. The Labute approximate surface area is 216 Å². The molecule has 0 spiro atoms. The zero-order chi connectivity index (χ0) is 27.2. The van der Waals surface area contributed by atoms with Gasteiger partial charge in [0.2, 0.25) is 17.7 Å². The van der Waals surface area contributed by atoms with Crippen molar-refractivity contribution >= 4 is 23.4 Å². The van der Waals surface area contributed by atoms with E-state index in [2.05, 4.69) is 28.1 Å². The van der Waals surface area contributed by atoms with Crippen molar-refractivity contribution in [3.8, 4) is 6.07 Å². The Morgan fingerprint density at radius 3 is 2.22 bits per heavy atom. The minimum Gasteiger partial charge on any atom is -0.399 e. The number of aryl methyl sites for hydroxylation is 2. The number of primary amides is 1. The van der Waals surface area contributed by atoms with Gasteiger partial charge in [-0.25, -0.2) is 5.43 Å². The van der Waals surface area contributed by atoms with Crippen molar-refractivity contribution in [2.24, 2.45) is 11.5 Å². The number of hydrogen-bond acceptors (Lipinski definition) is 7. The number of carbonyl (C=O) groups excluding carboxylic acids is 3. The van der Waals surface area contributed by atoms with Crippen molar-refractivity contribution < 1.29 is 14.4 Å². The van der Waals surface area contributed by atoms with E-state index in [4.69, 9.17) is 16.7 Å². The van der Waals surface area contributed by atoms with Crippen LogP contribution in [0.4, 0.5) is 0 Å². The van der Waals surface area contributed by atoms with E-state index in [0.717, 1.165) is 27.8 Å². The fourth-order valence-electron chi connectivity index (χ4n) is 4.85. The van der Waals surface area contributed by atoms with Gasteiger partial charge in [0.05, 0.1) is 12.6 Å². The molecule has 10 heteroatoms. The maximum absolute atomic E-state index is 13.9. The molecule has 1 aliphatic rings. The normalized spacial score (nSPS) is 16.8. The van der Waals surface area contributed by atoms with Crippen LogP contribution in [0.3, 0.4) is 0 Å². The summed E-state index contributed by atoms with van der Waals surface area (Å²) in [5.41, 5.74) is 20.8. The third-order valence-electron chi connectivity index (χ3n) is 6.61. The second-order valence-electron chi connectivity index (χ2n) is 9.09. The number of carbonyl (C=O) groups is 3. The quantitative estimate of drug-likeness (QED) is 0.200. The molecule has 0 saturated heterocycles. The lowest BCUT2D eigenvalue weighted by Gasteiger charge is -2.35. The molecule has 37 heavy (non-hydrogen) atoms. The summed E-state index contributed by atoms with van der Waals surface area (Å²) in [5.74, 6) is -1.15. The van der Waals surface area contributed by atoms with Gasteiger partial charge in [-0.05, 0) is 78.7 Å². The van der Waals surface area contributed by atoms with Crippen molar-refractivity contribution in [1.82, 2.24) is 21.5 Å². The van der Waals surface area contributed by atoms with E-state index in [-0.39, 0.29) is 18.4 Å². The lowest BCUT2D eigenvalue weighted by atomic mass is 9.69. The van der Waals surface area contributed by atoms with Gasteiger partial charge in [0.15, 0.2) is 0 Å². The van der Waals surface area contributed by atoms with E-state index < -0.39 is 17.4 Å². The van der Waals surface area contributed by atoms with Gasteiger partial charge in [-0.1, -0.05) is 24.8 Å². The first-order valence-electron chi connectivity index (χ1n) is 12.0. The Morgan fingerprint density at radius 1 is 1.08 bits per heavy atom. The topological polar surface area (TPSA) is 175 Å². The lowest BCUT2D eigenvalue weighted by Crippen LogP contribution is -2.51. The van der Waals surface area contributed by atoms with Crippen LogP contribution in [-0.4, -0.2) is 43.9 Å². The van der Waals surface area contributed by atoms with E-state index in [9.17, 15) is 14.4 Å². The van der Waals surface area contributed by atoms with Gasteiger partial charge in [-0.2, -0.15) is 5.26 Å². The van der Waals surface area contributed by atoms with Crippen molar-refractivity contribution in [3.63, 3.8) is 0 Å². The number of nitrogens with zero attached hydrogens (tertiary/aromatic N) is 1. The number of rotatable bonds is 10. The standard InChI is InChI=1S/C27H33N7O3/c1-16(14-28)33-24(35)15-32-11-10-27(26(37)34-31-3)22-8-6-18(17(2)29)12-19(22)4-5-20-13-21(25(30)36)7-9-23(20)27/h6-9,12-13,16,31-32H,2,4-5,10-11,15,29H2,1,3H3,(H2,30,36)(H,33,35)(H,34,37). The molecular formula is C27H33N7O3. The predicted molar refractivity (Wildman–Crippen MR) is 141 cm³/mol. The molecule has 194 valence electrons. The number of hydrogen-bond donors (Lipinski definition) is 6. The van der Waals surface area contributed by atoms with Crippen LogP contribution in [0, 0.1) is 11.3 Å². The summed E-state index contributed by atoms with van der Waals surface area (Å²) in [5, 5.41) is 14.6. The number of hydrazine groups is 1. The molecule has 10 nitrogen and oxygen atoms in total. The number of nitrogens with two attached hydrogens (primary N) is 2. The minimum atomic E-state index is -1.15. The molecular weight excluding hydrogens is 470 g/mol. The van der Waals surface area contributed by atoms with Crippen LogP contribution in [0.1, 0.15) is 51.5 Å². The summed E-state index contributed by atoms with van der Waals surface area (Å²) in [4.78, 5) is 38.0. The first-order chi connectivity index (χ1) is 17.6. The molecule has 0 heterocycles. The molecule has 2 unspecified atom stereocenters. The van der Waals surface area contributed by atoms with Crippen molar-refractivity contribution in [3.05, 3.63) is 76.4 Å². The van der Waals surface area contributed by atoms with Crippen LogP contribution < -0.4 is 33.0 Å². The first-order valence-corrected chi connectivity index (χ1v) is 12.0. The van der Waals surface area contributed by atoms with E-state index in [1.54, 1.807) is 32.2 Å². The summed E-state index contributed by atoms with van der Waals surface area (Å²) >= 11 is 0. The highest BCUT2D eigenvalue weighted by molar-refractivity contribution is 5.95. The predicted octanol–water partition coefficient (Wildman–Crippen LogP) is 0.358. The molecule has 2 aromatic rings. The Bertz CT molecular complexity index is 1200. The molecule has 0 radical (unpaired) electrons. The van der Waals surface area contributed by atoms with Crippen LogP contribution in [-0.2, 0) is 27.8 Å². The monoisotopic (exact) mass is 503 g/mol. The zero-order valence-corrected chi connectivity index (χ0v) is 21.1. The van der Waals surface area contributed by atoms with Gasteiger partial charge in [0.25, 0.3) is 0 Å². The molecule has 3 rings (SSSR count). The molecule has 2 atom stereocenters. The molecule has 0 aromatic heterocycles. The molecule has 0 saturated carbocycles. The van der Waals surface area contributed by atoms with E-state index in [0.29, 0.717) is 37.1 Å². The number of nitriles is 1. The fourth-order valence-corrected chi connectivity index (χ4v) is 4.85. The smallest absolute Gasteiger partial charge is 0.249 e. The highest BCUT2D eigenvalue weighted by Crippen LogP contribution is 2.43. The lowest BCUT2D eigenvalue weighted by molar-refractivity contribution is -0.126. The summed E-state index contributed by atoms with van der Waals surface area (Å²) < 4.78 is 0. The number of amides is 3. The average Bonchev–Trinajstić information content (AvgIpc) is 3.01. The van der Waals surface area contributed by atoms with Gasteiger partial charge in [0.1, 0.15) is 11.5 Å². The van der Waals surface area contributed by atoms with Gasteiger partial charge < -0.3 is 22.1 Å². The first kappa shape index (κ1) is 27.4. The Morgan fingerprint density at radius 2 is 1.68 bits per heavy atom. The van der Waals surface area contributed by atoms with Gasteiger partial charge in [-0.3, -0.25) is 19.8 Å². The van der Waals surface area contributed by atoms with Gasteiger partial charge in [0, 0.05) is 18.3 Å². The number of benzene rings is 2. The second-order valence-corrected chi connectivity index (χ2v) is 9.09. The third-order valence-corrected chi connectivity index (χ3v) is 6.61. The summed E-state index contributed by atoms with van der Waals surface area (Å²) in [6.07, 6.45) is 1.50. The van der Waals surface area contributed by atoms with Crippen LogP contribution in [0.2, 0.25) is 0 Å². The second kappa shape index (κ2) is 11.7. The zero-order valence-electron chi connectivity index (χ0n) is 21.1. The molecule has 8 N–H and O–H groups in total. The maximum atomic E-state index is 13.9. The van der Waals surface area contributed by atoms with Crippen molar-refractivity contribution in [2.75, 3.05) is 20.1 Å². The van der Waals surface area contributed by atoms with E-state index in [1.807, 2.05) is 24.3 Å². The van der Waals surface area contributed by atoms with E-state index in [1.165, 1.54) is 0 Å². The highest BCUT2D eigenvalue weighted by Gasteiger charge is 2.45. The summed E-state index contributed by atoms with van der Waals surface area (Å²) in [6, 6.07) is 12.2. The van der Waals surface area contributed by atoms with Crippen LogP contribution in [0.5, 0.6) is 0 Å². The van der Waals surface area contributed by atoms with Crippen molar-refractivity contribution in [2.45, 2.75) is 37.6 Å². The summed E-state index contributed by atoms with van der Waals surface area (Å²) in [6.45, 7) is 5.74. The molecule has 0 aliphatic heterocycles. The average molecular weight is 504 g/mol. The SMILES string of the molecule is C=C(N)c1ccc2c(c1)CCc1cc(C(N)=O)ccc1C2(CCNCC(=O)NC(C)C#N)C(=O)NNC. The highest BCUT2D eigenvalue weighted by atomic mass is 16.2. The van der Waals surface area contributed by atoms with Crippen LogP contribution in [0.15, 0.2) is 43.0 Å². The van der Waals surface area contributed by atoms with E-state index >= 15 is 0 Å². The Hall–Kier alpha value is -4.20. The molecule has 0 bridgehead atoms. The van der Waals surface area contributed by atoms with Gasteiger partial charge >= 0.3 is 0 Å². The Kier molecular flexibility index (Phi) is 8.65.